The van der Waals surface area contributed by atoms with Crippen molar-refractivity contribution in [2.75, 3.05) is 52.5 Å². The molecule has 142 valence electrons. The van der Waals surface area contributed by atoms with Crippen LogP contribution in [0.25, 0.3) is 0 Å². The van der Waals surface area contributed by atoms with E-state index in [0.29, 0.717) is 30.1 Å². The molecule has 6 heteroatoms. The minimum Gasteiger partial charge on any atom is -0.379 e. The number of hydrogen-bond donors (Lipinski definition) is 0. The van der Waals surface area contributed by atoms with E-state index < -0.39 is 0 Å². The van der Waals surface area contributed by atoms with Crippen LogP contribution in [0.15, 0.2) is 18.2 Å². The first-order valence-corrected chi connectivity index (χ1v) is 9.54. The highest BCUT2D eigenvalue weighted by Gasteiger charge is 2.48. The summed E-state index contributed by atoms with van der Waals surface area (Å²) in [7, 11) is 0. The number of morpholine rings is 1. The van der Waals surface area contributed by atoms with E-state index in [-0.39, 0.29) is 17.3 Å². The van der Waals surface area contributed by atoms with Gasteiger partial charge in [0.2, 0.25) is 0 Å². The molecule has 4 rings (SSSR count). The van der Waals surface area contributed by atoms with Gasteiger partial charge in [0.05, 0.1) is 32.9 Å². The number of carbonyl (C=O) groups excluding carboxylic acids is 1. The largest absolute Gasteiger partial charge is 0.379 e. The molecule has 3 aliphatic heterocycles. The highest BCUT2D eigenvalue weighted by Crippen LogP contribution is 2.37. The van der Waals surface area contributed by atoms with Gasteiger partial charge in [-0.15, -0.1) is 0 Å². The molecule has 0 unspecified atom stereocenters. The third-order valence-electron chi connectivity index (χ3n) is 5.92. The first kappa shape index (κ1) is 17.9. The quantitative estimate of drug-likeness (QED) is 0.826. The van der Waals surface area contributed by atoms with Crippen molar-refractivity contribution in [3.8, 4) is 0 Å². The van der Waals surface area contributed by atoms with Gasteiger partial charge in [0.1, 0.15) is 11.4 Å². The zero-order valence-electron chi connectivity index (χ0n) is 15.4. The molecule has 3 saturated heterocycles. The van der Waals surface area contributed by atoms with Gasteiger partial charge in [0.25, 0.3) is 5.91 Å². The molecule has 0 aromatic heterocycles. The first-order valence-electron chi connectivity index (χ1n) is 9.54. The second-order valence-electron chi connectivity index (χ2n) is 7.94. The number of halogens is 1. The number of aryl methyl sites for hydroxylation is 1. The molecule has 26 heavy (non-hydrogen) atoms. The van der Waals surface area contributed by atoms with Gasteiger partial charge < -0.3 is 14.4 Å². The molecular weight excluding hydrogens is 335 g/mol. The summed E-state index contributed by atoms with van der Waals surface area (Å²) >= 11 is 0. The number of carbonyl (C=O) groups is 1. The van der Waals surface area contributed by atoms with Crippen molar-refractivity contribution in [3.63, 3.8) is 0 Å². The Labute approximate surface area is 154 Å². The van der Waals surface area contributed by atoms with Gasteiger partial charge in [0.15, 0.2) is 0 Å². The van der Waals surface area contributed by atoms with Gasteiger partial charge in [-0.3, -0.25) is 9.69 Å². The molecule has 1 aromatic carbocycles. The fourth-order valence-corrected chi connectivity index (χ4v) is 4.16. The Morgan fingerprint density at radius 1 is 1.31 bits per heavy atom. The molecule has 3 aliphatic rings. The van der Waals surface area contributed by atoms with Gasteiger partial charge in [-0.25, -0.2) is 4.39 Å². The van der Waals surface area contributed by atoms with Crippen molar-refractivity contribution in [2.45, 2.75) is 25.4 Å². The van der Waals surface area contributed by atoms with Gasteiger partial charge >= 0.3 is 0 Å². The van der Waals surface area contributed by atoms with Crippen molar-refractivity contribution in [3.05, 3.63) is 35.1 Å². The average Bonchev–Trinajstić information content (AvgIpc) is 2.63. The first-order chi connectivity index (χ1) is 12.5. The monoisotopic (exact) mass is 362 g/mol. The molecule has 1 spiro atoms. The lowest BCUT2D eigenvalue weighted by Gasteiger charge is -2.53. The van der Waals surface area contributed by atoms with Crippen molar-refractivity contribution in [1.82, 2.24) is 9.80 Å². The average molecular weight is 362 g/mol. The van der Waals surface area contributed by atoms with Crippen LogP contribution in [-0.4, -0.2) is 73.9 Å². The maximum absolute atomic E-state index is 13.7. The Morgan fingerprint density at radius 2 is 2.08 bits per heavy atom. The SMILES string of the molecule is Cc1ccc(C(=O)N2CC3(CC[C@@H](CN4CCOCC4)CO3)C2)cc1F. The fourth-order valence-electron chi connectivity index (χ4n) is 4.16. The van der Waals surface area contributed by atoms with Gasteiger partial charge in [-0.2, -0.15) is 0 Å². The maximum Gasteiger partial charge on any atom is 0.254 e. The van der Waals surface area contributed by atoms with E-state index >= 15 is 0 Å². The van der Waals surface area contributed by atoms with Crippen LogP contribution in [0, 0.1) is 18.7 Å². The van der Waals surface area contributed by atoms with Gasteiger partial charge in [0, 0.05) is 25.2 Å². The zero-order valence-corrected chi connectivity index (χ0v) is 15.4. The summed E-state index contributed by atoms with van der Waals surface area (Å²) in [5.41, 5.74) is 0.799. The van der Waals surface area contributed by atoms with Crippen LogP contribution >= 0.6 is 0 Å². The summed E-state index contributed by atoms with van der Waals surface area (Å²) in [5.74, 6) is 0.134. The normalized spacial score (nSPS) is 25.9. The third kappa shape index (κ3) is 3.63. The summed E-state index contributed by atoms with van der Waals surface area (Å²) in [5, 5.41) is 0. The number of nitrogens with zero attached hydrogens (tertiary/aromatic N) is 2. The molecule has 3 fully saturated rings. The lowest BCUT2D eigenvalue weighted by Crippen LogP contribution is -2.66. The number of hydrogen-bond acceptors (Lipinski definition) is 4. The second-order valence-corrected chi connectivity index (χ2v) is 7.94. The van der Waals surface area contributed by atoms with E-state index in [9.17, 15) is 9.18 Å². The van der Waals surface area contributed by atoms with Crippen molar-refractivity contribution in [1.29, 1.82) is 0 Å². The predicted molar refractivity (Wildman–Crippen MR) is 95.7 cm³/mol. The van der Waals surface area contributed by atoms with E-state index in [1.165, 1.54) is 6.07 Å². The van der Waals surface area contributed by atoms with Gasteiger partial charge in [-0.05, 0) is 43.4 Å². The number of rotatable bonds is 3. The van der Waals surface area contributed by atoms with Crippen LogP contribution in [0.3, 0.4) is 0 Å². The summed E-state index contributed by atoms with van der Waals surface area (Å²) in [4.78, 5) is 16.8. The van der Waals surface area contributed by atoms with Crippen LogP contribution in [0.1, 0.15) is 28.8 Å². The van der Waals surface area contributed by atoms with E-state index in [2.05, 4.69) is 4.90 Å². The summed E-state index contributed by atoms with van der Waals surface area (Å²) in [6, 6.07) is 4.69. The Kier molecular flexibility index (Phi) is 4.99. The zero-order chi connectivity index (χ0) is 18.1. The molecule has 0 bridgehead atoms. The van der Waals surface area contributed by atoms with Crippen molar-refractivity contribution in [2.24, 2.45) is 5.92 Å². The molecule has 0 radical (unpaired) electrons. The number of ether oxygens (including phenoxy) is 2. The standard InChI is InChI=1S/C20H27FN2O3/c1-15-2-3-17(10-18(15)21)19(24)23-13-20(14-23)5-4-16(12-26-20)11-22-6-8-25-9-7-22/h2-3,10,16H,4-9,11-14H2,1H3/t16-/m0/s1. The predicted octanol–water partition coefficient (Wildman–Crippen LogP) is 2.09. The molecule has 0 saturated carbocycles. The van der Waals surface area contributed by atoms with Crippen molar-refractivity contribution >= 4 is 5.91 Å². The molecule has 5 nitrogen and oxygen atoms in total. The minimum absolute atomic E-state index is 0.103. The summed E-state index contributed by atoms with van der Waals surface area (Å²) in [6.07, 6.45) is 2.13. The van der Waals surface area contributed by atoms with Crippen LogP contribution in [-0.2, 0) is 9.47 Å². The molecule has 1 aromatic rings. The number of likely N-dealkylation sites (tertiary alicyclic amines) is 1. The Morgan fingerprint density at radius 3 is 2.73 bits per heavy atom. The highest BCUT2D eigenvalue weighted by molar-refractivity contribution is 5.95. The smallest absolute Gasteiger partial charge is 0.254 e. The van der Waals surface area contributed by atoms with Crippen molar-refractivity contribution < 1.29 is 18.7 Å². The second kappa shape index (κ2) is 7.25. The van der Waals surface area contributed by atoms with E-state index in [1.54, 1.807) is 24.0 Å². The molecule has 0 N–H and O–H groups in total. The van der Waals surface area contributed by atoms with Gasteiger partial charge in [-0.1, -0.05) is 6.07 Å². The lowest BCUT2D eigenvalue weighted by molar-refractivity contribution is -0.169. The fraction of sp³-hybridized carbons (Fsp3) is 0.650. The summed E-state index contributed by atoms with van der Waals surface area (Å²) < 4.78 is 25.3. The van der Waals surface area contributed by atoms with Crippen LogP contribution < -0.4 is 0 Å². The van der Waals surface area contributed by atoms with E-state index in [0.717, 1.165) is 52.3 Å². The van der Waals surface area contributed by atoms with Crippen LogP contribution in [0.4, 0.5) is 4.39 Å². The molecule has 0 aliphatic carbocycles. The van der Waals surface area contributed by atoms with Crippen LogP contribution in [0.5, 0.6) is 0 Å². The maximum atomic E-state index is 13.7. The van der Waals surface area contributed by atoms with E-state index in [1.807, 2.05) is 0 Å². The Bertz CT molecular complexity index is 659. The molecular formula is C20H27FN2O3. The highest BCUT2D eigenvalue weighted by atomic mass is 19.1. The molecule has 3 heterocycles. The number of amides is 1. The third-order valence-corrected chi connectivity index (χ3v) is 5.92. The Balaban J connectivity index is 1.26. The summed E-state index contributed by atoms with van der Waals surface area (Å²) in [6.45, 7) is 8.45. The lowest BCUT2D eigenvalue weighted by atomic mass is 9.82. The number of benzene rings is 1. The topological polar surface area (TPSA) is 42.0 Å². The van der Waals surface area contributed by atoms with Crippen LogP contribution in [0.2, 0.25) is 0 Å². The van der Waals surface area contributed by atoms with E-state index in [4.69, 9.17) is 9.47 Å². The Hall–Kier alpha value is -1.50. The molecule has 1 atom stereocenters. The minimum atomic E-state index is -0.328. The molecule has 1 amide bonds.